The molecule has 0 aliphatic heterocycles. The first-order chi connectivity index (χ1) is 9.88. The van der Waals surface area contributed by atoms with Gasteiger partial charge in [0.05, 0.1) is 15.6 Å². The van der Waals surface area contributed by atoms with Gasteiger partial charge in [-0.1, -0.05) is 23.2 Å². The lowest BCUT2D eigenvalue weighted by atomic mass is 10.1. The van der Waals surface area contributed by atoms with Crippen LogP contribution in [0.2, 0.25) is 10.0 Å². The summed E-state index contributed by atoms with van der Waals surface area (Å²) in [6.07, 6.45) is -0.956. The highest BCUT2D eigenvalue weighted by atomic mass is 35.5. The van der Waals surface area contributed by atoms with Crippen LogP contribution in [0.3, 0.4) is 0 Å². The van der Waals surface area contributed by atoms with Gasteiger partial charge in [-0.05, 0) is 31.2 Å². The molecule has 0 radical (unpaired) electrons. The molecule has 0 saturated carbocycles. The molecular formula is C15H10Cl2F2O2. The monoisotopic (exact) mass is 330 g/mol. The van der Waals surface area contributed by atoms with Crippen molar-refractivity contribution in [1.29, 1.82) is 0 Å². The van der Waals surface area contributed by atoms with Crippen molar-refractivity contribution in [3.8, 4) is 5.75 Å². The van der Waals surface area contributed by atoms with Crippen LogP contribution in [0.15, 0.2) is 36.4 Å². The number of Topliss-reactive ketones (excluding diaryl/α,β-unsaturated/α-hetero) is 1. The molecule has 2 aromatic carbocycles. The fraction of sp³-hybridized carbons (Fsp3) is 0.133. The zero-order valence-electron chi connectivity index (χ0n) is 10.9. The summed E-state index contributed by atoms with van der Waals surface area (Å²) in [7, 11) is 0. The fourth-order valence-electron chi connectivity index (χ4n) is 1.72. The molecule has 6 heteroatoms. The summed E-state index contributed by atoms with van der Waals surface area (Å²) in [5, 5.41) is 0.634. The predicted octanol–water partition coefficient (Wildman–Crippen LogP) is 4.92. The number of benzene rings is 2. The number of hydrogen-bond acceptors (Lipinski definition) is 2. The Hall–Kier alpha value is -1.65. The van der Waals surface area contributed by atoms with Crippen LogP contribution >= 0.6 is 23.2 Å². The molecule has 0 aliphatic carbocycles. The molecule has 2 aromatic rings. The number of rotatable bonds is 4. The number of carbonyl (C=O) groups excluding carboxylic acids is 1. The van der Waals surface area contributed by atoms with Crippen LogP contribution in [0.25, 0.3) is 0 Å². The van der Waals surface area contributed by atoms with Gasteiger partial charge in [0.25, 0.3) is 0 Å². The summed E-state index contributed by atoms with van der Waals surface area (Å²) in [5.74, 6) is -1.95. The first kappa shape index (κ1) is 15.7. The predicted molar refractivity (Wildman–Crippen MR) is 77.2 cm³/mol. The summed E-state index contributed by atoms with van der Waals surface area (Å²) in [6, 6.07) is 7.27. The average molecular weight is 331 g/mol. The molecule has 0 N–H and O–H groups in total. The quantitative estimate of drug-likeness (QED) is 0.743. The summed E-state index contributed by atoms with van der Waals surface area (Å²) < 4.78 is 31.8. The van der Waals surface area contributed by atoms with Crippen molar-refractivity contribution in [2.24, 2.45) is 0 Å². The van der Waals surface area contributed by atoms with E-state index in [4.69, 9.17) is 27.9 Å². The van der Waals surface area contributed by atoms with Crippen molar-refractivity contribution in [1.82, 2.24) is 0 Å². The molecule has 110 valence electrons. The highest BCUT2D eigenvalue weighted by Gasteiger charge is 2.21. The number of ketones is 1. The van der Waals surface area contributed by atoms with Crippen LogP contribution in [0.1, 0.15) is 17.3 Å². The molecule has 0 bridgehead atoms. The molecule has 0 spiro atoms. The van der Waals surface area contributed by atoms with Gasteiger partial charge in [-0.2, -0.15) is 0 Å². The second kappa shape index (κ2) is 6.41. The summed E-state index contributed by atoms with van der Waals surface area (Å²) in [6.45, 7) is 1.47. The second-order valence-corrected chi connectivity index (χ2v) is 5.14. The Bertz CT molecular complexity index is 689. The van der Waals surface area contributed by atoms with E-state index >= 15 is 0 Å². The molecular weight excluding hydrogens is 321 g/mol. The molecule has 0 fully saturated rings. The lowest BCUT2D eigenvalue weighted by Crippen LogP contribution is -2.24. The van der Waals surface area contributed by atoms with Gasteiger partial charge < -0.3 is 4.74 Å². The second-order valence-electron chi connectivity index (χ2n) is 4.32. The summed E-state index contributed by atoms with van der Waals surface area (Å²) in [5.41, 5.74) is -0.232. The Morgan fingerprint density at radius 2 is 1.81 bits per heavy atom. The van der Waals surface area contributed by atoms with E-state index < -0.39 is 23.5 Å². The van der Waals surface area contributed by atoms with Crippen molar-refractivity contribution in [2.45, 2.75) is 13.0 Å². The molecule has 0 aliphatic rings. The van der Waals surface area contributed by atoms with E-state index in [1.54, 1.807) is 6.07 Å². The maximum Gasteiger partial charge on any atom is 0.205 e. The van der Waals surface area contributed by atoms with E-state index in [0.29, 0.717) is 16.8 Å². The Morgan fingerprint density at radius 1 is 1.10 bits per heavy atom. The van der Waals surface area contributed by atoms with Gasteiger partial charge >= 0.3 is 0 Å². The van der Waals surface area contributed by atoms with Gasteiger partial charge in [0, 0.05) is 12.1 Å². The lowest BCUT2D eigenvalue weighted by Gasteiger charge is -2.14. The summed E-state index contributed by atoms with van der Waals surface area (Å²) in [4.78, 5) is 12.1. The zero-order valence-corrected chi connectivity index (χ0v) is 12.4. The topological polar surface area (TPSA) is 26.3 Å². The van der Waals surface area contributed by atoms with E-state index in [1.165, 1.54) is 19.1 Å². The molecule has 2 rings (SSSR count). The first-order valence-electron chi connectivity index (χ1n) is 5.99. The maximum atomic E-state index is 13.6. The van der Waals surface area contributed by atoms with Crippen molar-refractivity contribution in [3.63, 3.8) is 0 Å². The Labute approximate surface area is 130 Å². The van der Waals surface area contributed by atoms with Gasteiger partial charge in [-0.25, -0.2) is 8.78 Å². The largest absolute Gasteiger partial charge is 0.483 e. The lowest BCUT2D eigenvalue weighted by molar-refractivity contribution is 0.0813. The Balaban J connectivity index is 2.17. The minimum Gasteiger partial charge on any atom is -0.483 e. The van der Waals surface area contributed by atoms with Gasteiger partial charge in [0.15, 0.2) is 6.10 Å². The highest BCUT2D eigenvalue weighted by molar-refractivity contribution is 6.42. The normalized spacial score (nSPS) is 12.0. The van der Waals surface area contributed by atoms with Crippen molar-refractivity contribution in [3.05, 3.63) is 63.6 Å². The highest BCUT2D eigenvalue weighted by Crippen LogP contribution is 2.27. The van der Waals surface area contributed by atoms with Gasteiger partial charge in [-0.15, -0.1) is 0 Å². The third-order valence-corrected chi connectivity index (χ3v) is 3.51. The minimum absolute atomic E-state index is 0.232. The SMILES string of the molecule is CC(Oc1ccc(Cl)c(Cl)c1)C(=O)c1ccc(F)cc1F. The van der Waals surface area contributed by atoms with E-state index in [2.05, 4.69) is 0 Å². The third-order valence-electron chi connectivity index (χ3n) is 2.77. The van der Waals surface area contributed by atoms with Gasteiger partial charge in [0.2, 0.25) is 5.78 Å². The molecule has 0 saturated heterocycles. The van der Waals surface area contributed by atoms with Crippen LogP contribution in [0.4, 0.5) is 8.78 Å². The maximum absolute atomic E-state index is 13.6. The van der Waals surface area contributed by atoms with E-state index in [0.717, 1.165) is 12.1 Å². The van der Waals surface area contributed by atoms with Crippen LogP contribution in [0, 0.1) is 11.6 Å². The van der Waals surface area contributed by atoms with E-state index in [-0.39, 0.29) is 10.6 Å². The van der Waals surface area contributed by atoms with E-state index in [1.807, 2.05) is 0 Å². The zero-order chi connectivity index (χ0) is 15.6. The Kier molecular flexibility index (Phi) is 4.80. The third kappa shape index (κ3) is 3.71. The van der Waals surface area contributed by atoms with Crippen molar-refractivity contribution < 1.29 is 18.3 Å². The van der Waals surface area contributed by atoms with Crippen LogP contribution in [-0.4, -0.2) is 11.9 Å². The first-order valence-corrected chi connectivity index (χ1v) is 6.75. The molecule has 21 heavy (non-hydrogen) atoms. The average Bonchev–Trinajstić information content (AvgIpc) is 2.42. The molecule has 0 amide bonds. The van der Waals surface area contributed by atoms with Gasteiger partial charge in [-0.3, -0.25) is 4.79 Å². The van der Waals surface area contributed by atoms with Crippen LogP contribution in [-0.2, 0) is 0 Å². The minimum atomic E-state index is -0.956. The van der Waals surface area contributed by atoms with Crippen molar-refractivity contribution >= 4 is 29.0 Å². The molecule has 2 nitrogen and oxygen atoms in total. The fourth-order valence-corrected chi connectivity index (χ4v) is 2.00. The molecule has 1 unspecified atom stereocenters. The van der Waals surface area contributed by atoms with Crippen LogP contribution < -0.4 is 4.74 Å². The molecule has 0 aromatic heterocycles. The summed E-state index contributed by atoms with van der Waals surface area (Å²) >= 11 is 11.6. The number of hydrogen-bond donors (Lipinski definition) is 0. The number of halogens is 4. The Morgan fingerprint density at radius 3 is 2.43 bits per heavy atom. The number of ether oxygens (including phenoxy) is 1. The van der Waals surface area contributed by atoms with Crippen molar-refractivity contribution in [2.75, 3.05) is 0 Å². The van der Waals surface area contributed by atoms with E-state index in [9.17, 15) is 13.6 Å². The smallest absolute Gasteiger partial charge is 0.205 e. The molecule has 1 atom stereocenters. The standard InChI is InChI=1S/C15H10Cl2F2O2/c1-8(21-10-3-5-12(16)13(17)7-10)15(20)11-4-2-9(18)6-14(11)19/h2-8H,1H3. The molecule has 0 heterocycles. The van der Waals surface area contributed by atoms with Gasteiger partial charge in [0.1, 0.15) is 17.4 Å². The van der Waals surface area contributed by atoms with Crippen LogP contribution in [0.5, 0.6) is 5.75 Å². The number of carbonyl (C=O) groups is 1.